The number of amides is 1. The van der Waals surface area contributed by atoms with Crippen molar-refractivity contribution in [3.63, 3.8) is 0 Å². The van der Waals surface area contributed by atoms with Crippen molar-refractivity contribution in [2.24, 2.45) is 0 Å². The van der Waals surface area contributed by atoms with E-state index < -0.39 is 0 Å². The maximum absolute atomic E-state index is 12.9. The molecule has 1 aromatic carbocycles. The minimum Gasteiger partial charge on any atom is -0.349 e. The Morgan fingerprint density at radius 3 is 2.70 bits per heavy atom. The van der Waals surface area contributed by atoms with Crippen LogP contribution in [0, 0.1) is 5.82 Å². The molecule has 1 unspecified atom stereocenters. The number of nitrogens with zero attached hydrogens (tertiary/aromatic N) is 1. The Hall–Kier alpha value is -1.50. The average molecular weight is 322 g/mol. The highest BCUT2D eigenvalue weighted by atomic mass is 19.1. The number of likely N-dealkylation sites (tertiary alicyclic amines) is 1. The molecule has 1 amide bonds. The fourth-order valence-corrected chi connectivity index (χ4v) is 3.20. The molecule has 2 aliphatic heterocycles. The highest BCUT2D eigenvalue weighted by Gasteiger charge is 2.33. The maximum Gasteiger partial charge on any atom is 0.225 e. The lowest BCUT2D eigenvalue weighted by Crippen LogP contribution is -2.48. The Labute approximate surface area is 135 Å². The molecular formula is C17H23FN2O3. The molecule has 1 atom stereocenters. The second-order valence-electron chi connectivity index (χ2n) is 6.01. The van der Waals surface area contributed by atoms with Gasteiger partial charge >= 0.3 is 0 Å². The van der Waals surface area contributed by atoms with Crippen LogP contribution in [0.1, 0.15) is 25.7 Å². The smallest absolute Gasteiger partial charge is 0.225 e. The summed E-state index contributed by atoms with van der Waals surface area (Å²) in [7, 11) is 0. The SMILES string of the molecule is O=C(CCN1CCCCC1C1OCCO1)Nc1ccc(F)cc1. The maximum atomic E-state index is 12.9. The van der Waals surface area contributed by atoms with E-state index in [4.69, 9.17) is 9.47 Å². The first kappa shape index (κ1) is 16.4. The number of piperidine rings is 1. The quantitative estimate of drug-likeness (QED) is 0.904. The van der Waals surface area contributed by atoms with Crippen LogP contribution in [0.4, 0.5) is 10.1 Å². The molecule has 2 heterocycles. The summed E-state index contributed by atoms with van der Waals surface area (Å²) in [4.78, 5) is 14.4. The zero-order valence-corrected chi connectivity index (χ0v) is 13.2. The molecule has 0 spiro atoms. The minimum absolute atomic E-state index is 0.0609. The van der Waals surface area contributed by atoms with Gasteiger partial charge in [0.1, 0.15) is 5.82 Å². The Morgan fingerprint density at radius 1 is 1.22 bits per heavy atom. The zero-order chi connectivity index (χ0) is 16.1. The van der Waals surface area contributed by atoms with E-state index in [0.29, 0.717) is 31.9 Å². The van der Waals surface area contributed by atoms with E-state index in [2.05, 4.69) is 10.2 Å². The molecule has 1 aromatic rings. The molecule has 23 heavy (non-hydrogen) atoms. The number of hydrogen-bond acceptors (Lipinski definition) is 4. The summed E-state index contributed by atoms with van der Waals surface area (Å²) in [5, 5.41) is 2.80. The van der Waals surface area contributed by atoms with E-state index in [1.54, 1.807) is 12.1 Å². The highest BCUT2D eigenvalue weighted by Crippen LogP contribution is 2.24. The van der Waals surface area contributed by atoms with Gasteiger partial charge < -0.3 is 14.8 Å². The molecule has 0 aliphatic carbocycles. The van der Waals surface area contributed by atoms with Gasteiger partial charge in [0.25, 0.3) is 0 Å². The van der Waals surface area contributed by atoms with Gasteiger partial charge in [-0.3, -0.25) is 9.69 Å². The van der Waals surface area contributed by atoms with Crippen molar-refractivity contribution in [1.82, 2.24) is 4.90 Å². The summed E-state index contributed by atoms with van der Waals surface area (Å²) >= 11 is 0. The molecule has 0 saturated carbocycles. The van der Waals surface area contributed by atoms with Crippen molar-refractivity contribution < 1.29 is 18.7 Å². The zero-order valence-electron chi connectivity index (χ0n) is 13.2. The van der Waals surface area contributed by atoms with E-state index in [1.165, 1.54) is 18.6 Å². The molecule has 3 rings (SSSR count). The van der Waals surface area contributed by atoms with Crippen molar-refractivity contribution in [3.05, 3.63) is 30.1 Å². The largest absolute Gasteiger partial charge is 0.349 e. The molecule has 126 valence electrons. The van der Waals surface area contributed by atoms with Gasteiger partial charge in [0, 0.05) is 18.7 Å². The summed E-state index contributed by atoms with van der Waals surface area (Å²) < 4.78 is 24.1. The number of halogens is 1. The number of benzene rings is 1. The molecule has 2 saturated heterocycles. The average Bonchev–Trinajstić information content (AvgIpc) is 3.10. The molecule has 6 heteroatoms. The molecule has 2 fully saturated rings. The van der Waals surface area contributed by atoms with Gasteiger partial charge in [-0.25, -0.2) is 4.39 Å². The van der Waals surface area contributed by atoms with Crippen molar-refractivity contribution >= 4 is 11.6 Å². The molecule has 0 bridgehead atoms. The predicted molar refractivity (Wildman–Crippen MR) is 84.6 cm³/mol. The van der Waals surface area contributed by atoms with Crippen LogP contribution in [0.5, 0.6) is 0 Å². The molecule has 0 aromatic heterocycles. The van der Waals surface area contributed by atoms with Crippen molar-refractivity contribution in [2.45, 2.75) is 38.0 Å². The van der Waals surface area contributed by atoms with E-state index in [9.17, 15) is 9.18 Å². The molecule has 1 N–H and O–H groups in total. The van der Waals surface area contributed by atoms with Crippen LogP contribution in [0.2, 0.25) is 0 Å². The van der Waals surface area contributed by atoms with Crippen LogP contribution < -0.4 is 5.32 Å². The van der Waals surface area contributed by atoms with Gasteiger partial charge in [-0.1, -0.05) is 6.42 Å². The van der Waals surface area contributed by atoms with Crippen molar-refractivity contribution in [2.75, 3.05) is 31.6 Å². The van der Waals surface area contributed by atoms with Crippen LogP contribution in [0.15, 0.2) is 24.3 Å². The van der Waals surface area contributed by atoms with Gasteiger partial charge in [0.05, 0.1) is 19.3 Å². The highest BCUT2D eigenvalue weighted by molar-refractivity contribution is 5.90. The Bertz CT molecular complexity index is 517. The first-order valence-electron chi connectivity index (χ1n) is 8.25. The lowest BCUT2D eigenvalue weighted by Gasteiger charge is -2.37. The summed E-state index contributed by atoms with van der Waals surface area (Å²) in [6.45, 7) is 2.96. The Balaban J connectivity index is 1.49. The normalized spacial score (nSPS) is 23.1. The van der Waals surface area contributed by atoms with Crippen LogP contribution in [0.25, 0.3) is 0 Å². The van der Waals surface area contributed by atoms with E-state index in [-0.39, 0.29) is 24.1 Å². The number of carbonyl (C=O) groups excluding carboxylic acids is 1. The Morgan fingerprint density at radius 2 is 1.96 bits per heavy atom. The molecule has 2 aliphatic rings. The molecular weight excluding hydrogens is 299 g/mol. The van der Waals surface area contributed by atoms with Crippen molar-refractivity contribution in [3.8, 4) is 0 Å². The fourth-order valence-electron chi connectivity index (χ4n) is 3.20. The third-order valence-electron chi connectivity index (χ3n) is 4.38. The molecule has 0 radical (unpaired) electrons. The number of nitrogens with one attached hydrogen (secondary N) is 1. The number of anilines is 1. The summed E-state index contributed by atoms with van der Waals surface area (Å²) in [5.74, 6) is -0.370. The number of rotatable bonds is 5. The molecule has 5 nitrogen and oxygen atoms in total. The number of hydrogen-bond donors (Lipinski definition) is 1. The standard InChI is InChI=1S/C17H23FN2O3/c18-13-4-6-14(7-5-13)19-16(21)8-10-20-9-2-1-3-15(20)17-22-11-12-23-17/h4-7,15,17H,1-3,8-12H2,(H,19,21). The van der Waals surface area contributed by atoms with Crippen LogP contribution in [-0.2, 0) is 14.3 Å². The third-order valence-corrected chi connectivity index (χ3v) is 4.38. The lowest BCUT2D eigenvalue weighted by atomic mass is 10.0. The van der Waals surface area contributed by atoms with E-state index in [0.717, 1.165) is 19.4 Å². The monoisotopic (exact) mass is 322 g/mol. The van der Waals surface area contributed by atoms with Crippen LogP contribution >= 0.6 is 0 Å². The summed E-state index contributed by atoms with van der Waals surface area (Å²) in [6, 6.07) is 6.05. The van der Waals surface area contributed by atoms with E-state index in [1.807, 2.05) is 0 Å². The third kappa shape index (κ3) is 4.50. The van der Waals surface area contributed by atoms with Crippen molar-refractivity contribution in [1.29, 1.82) is 0 Å². The Kier molecular flexibility index (Phi) is 5.59. The number of carbonyl (C=O) groups is 1. The second-order valence-corrected chi connectivity index (χ2v) is 6.01. The van der Waals surface area contributed by atoms with Crippen LogP contribution in [-0.4, -0.2) is 49.4 Å². The van der Waals surface area contributed by atoms with E-state index >= 15 is 0 Å². The second kappa shape index (κ2) is 7.86. The van der Waals surface area contributed by atoms with Gasteiger partial charge in [-0.2, -0.15) is 0 Å². The summed E-state index contributed by atoms with van der Waals surface area (Å²) in [5.41, 5.74) is 0.619. The van der Waals surface area contributed by atoms with Gasteiger partial charge in [0.2, 0.25) is 5.91 Å². The number of ether oxygens (including phenoxy) is 2. The first-order chi connectivity index (χ1) is 11.2. The van der Waals surface area contributed by atoms with Gasteiger partial charge in [-0.05, 0) is 43.7 Å². The topological polar surface area (TPSA) is 50.8 Å². The fraction of sp³-hybridized carbons (Fsp3) is 0.588. The van der Waals surface area contributed by atoms with Gasteiger partial charge in [-0.15, -0.1) is 0 Å². The van der Waals surface area contributed by atoms with Gasteiger partial charge in [0.15, 0.2) is 6.29 Å². The predicted octanol–water partition coefficient (Wildman–Crippen LogP) is 2.38. The van der Waals surface area contributed by atoms with Crippen LogP contribution in [0.3, 0.4) is 0 Å². The lowest BCUT2D eigenvalue weighted by molar-refractivity contribution is -0.120. The first-order valence-corrected chi connectivity index (χ1v) is 8.25. The minimum atomic E-state index is -0.310. The summed E-state index contributed by atoms with van der Waals surface area (Å²) in [6.07, 6.45) is 3.61.